The number of nitrogens with one attached hydrogen (secondary N) is 2. The zero-order valence-electron chi connectivity index (χ0n) is 18.4. The monoisotopic (exact) mass is 557 g/mol. The van der Waals surface area contributed by atoms with E-state index in [-0.39, 0.29) is 42.2 Å². The number of amides is 1. The van der Waals surface area contributed by atoms with Crippen LogP contribution in [-0.2, 0) is 24.1 Å². The number of guanidine groups is 1. The molecule has 0 bridgehead atoms. The zero-order chi connectivity index (χ0) is 21.5. The number of piperidine rings is 1. The number of carbonyl (C=O) groups excluding carboxylic acids is 1. The Balaban J connectivity index is 0.00000289. The molecule has 4 rings (SSSR count). The largest absolute Gasteiger partial charge is 0.469 e. The molecular formula is C21H32IN7O3. The van der Waals surface area contributed by atoms with Gasteiger partial charge in [0.1, 0.15) is 17.9 Å². The van der Waals surface area contributed by atoms with Crippen molar-refractivity contribution in [1.82, 2.24) is 30.3 Å². The molecule has 1 amide bonds. The Kier molecular flexibility index (Phi) is 9.18. The second kappa shape index (κ2) is 12.1. The Hall–Kier alpha value is -2.31. The lowest BCUT2D eigenvalue weighted by atomic mass is 10.1. The molecule has 32 heavy (non-hydrogen) atoms. The summed E-state index contributed by atoms with van der Waals surface area (Å²) in [6.45, 7) is 5.00. The predicted octanol–water partition coefficient (Wildman–Crippen LogP) is 2.20. The molecule has 0 aliphatic carbocycles. The molecule has 1 unspecified atom stereocenters. The summed E-state index contributed by atoms with van der Waals surface area (Å²) in [4.78, 5) is 22.8. The first-order chi connectivity index (χ1) is 15.2. The summed E-state index contributed by atoms with van der Waals surface area (Å²) in [6, 6.07) is 4.36. The van der Waals surface area contributed by atoms with Crippen molar-refractivity contribution in [2.45, 2.75) is 57.7 Å². The Morgan fingerprint density at radius 3 is 2.84 bits per heavy atom. The highest BCUT2D eigenvalue weighted by molar-refractivity contribution is 14.0. The Morgan fingerprint density at radius 1 is 1.28 bits per heavy atom. The van der Waals surface area contributed by atoms with E-state index in [9.17, 15) is 4.79 Å². The van der Waals surface area contributed by atoms with Gasteiger partial charge in [0, 0.05) is 44.6 Å². The van der Waals surface area contributed by atoms with Crippen LogP contribution in [0.1, 0.15) is 37.8 Å². The molecule has 4 heterocycles. The second-order valence-electron chi connectivity index (χ2n) is 7.90. The summed E-state index contributed by atoms with van der Waals surface area (Å²) in [5.74, 6) is 2.76. The molecule has 10 nitrogen and oxygen atoms in total. The summed E-state index contributed by atoms with van der Waals surface area (Å²) in [5, 5.41) is 11.5. The van der Waals surface area contributed by atoms with Gasteiger partial charge in [-0.1, -0.05) is 0 Å². The van der Waals surface area contributed by atoms with Crippen molar-refractivity contribution >= 4 is 36.0 Å². The number of aliphatic imine (C=N–C) groups is 1. The summed E-state index contributed by atoms with van der Waals surface area (Å²) in [7, 11) is 0. The van der Waals surface area contributed by atoms with Crippen LogP contribution in [-0.4, -0.2) is 70.0 Å². The quantitative estimate of drug-likeness (QED) is 0.319. The number of carbonyl (C=O) groups is 1. The minimum Gasteiger partial charge on any atom is -0.469 e. The van der Waals surface area contributed by atoms with Crippen LogP contribution in [0.15, 0.2) is 34.1 Å². The van der Waals surface area contributed by atoms with Crippen LogP contribution in [0, 0.1) is 0 Å². The lowest BCUT2D eigenvalue weighted by molar-refractivity contribution is 0.0963. The van der Waals surface area contributed by atoms with Gasteiger partial charge < -0.3 is 24.7 Å². The third kappa shape index (κ3) is 6.59. The van der Waals surface area contributed by atoms with E-state index in [1.165, 1.54) is 0 Å². The third-order valence-electron chi connectivity index (χ3n) is 5.72. The maximum Gasteiger partial charge on any atom is 0.409 e. The van der Waals surface area contributed by atoms with Gasteiger partial charge in [0.2, 0.25) is 0 Å². The lowest BCUT2D eigenvalue weighted by Crippen LogP contribution is -2.53. The molecule has 2 aliphatic rings. The van der Waals surface area contributed by atoms with Crippen molar-refractivity contribution in [2.24, 2.45) is 4.99 Å². The van der Waals surface area contributed by atoms with Gasteiger partial charge >= 0.3 is 6.09 Å². The van der Waals surface area contributed by atoms with Crippen LogP contribution in [0.2, 0.25) is 0 Å². The molecule has 0 aromatic carbocycles. The average Bonchev–Trinajstić information content (AvgIpc) is 3.46. The minimum absolute atomic E-state index is 0. The van der Waals surface area contributed by atoms with E-state index < -0.39 is 0 Å². The summed E-state index contributed by atoms with van der Waals surface area (Å²) in [6.07, 6.45) is 7.42. The van der Waals surface area contributed by atoms with Gasteiger partial charge in [-0.3, -0.25) is 4.99 Å². The number of aromatic nitrogens is 3. The van der Waals surface area contributed by atoms with Crippen molar-refractivity contribution < 1.29 is 13.9 Å². The van der Waals surface area contributed by atoms with Crippen LogP contribution in [0.25, 0.3) is 0 Å². The number of likely N-dealkylation sites (tertiary alicyclic amines) is 1. The number of rotatable bonds is 6. The maximum atomic E-state index is 11.9. The third-order valence-corrected chi connectivity index (χ3v) is 5.72. The predicted molar refractivity (Wildman–Crippen MR) is 130 cm³/mol. The molecule has 2 aliphatic heterocycles. The van der Waals surface area contributed by atoms with Crippen LogP contribution < -0.4 is 10.6 Å². The number of ether oxygens (including phenoxy) is 1. The topological polar surface area (TPSA) is 110 Å². The molecule has 1 atom stereocenters. The fourth-order valence-corrected chi connectivity index (χ4v) is 4.03. The van der Waals surface area contributed by atoms with Gasteiger partial charge in [0.15, 0.2) is 5.96 Å². The molecule has 2 aromatic heterocycles. The first-order valence-electron chi connectivity index (χ1n) is 11.1. The molecule has 2 N–H and O–H groups in total. The first-order valence-corrected chi connectivity index (χ1v) is 11.1. The highest BCUT2D eigenvalue weighted by atomic mass is 127. The number of hydrogen-bond donors (Lipinski definition) is 2. The molecule has 0 radical (unpaired) electrons. The number of hydrogen-bond acceptors (Lipinski definition) is 6. The number of nitrogens with zero attached hydrogens (tertiary/aromatic N) is 5. The van der Waals surface area contributed by atoms with E-state index in [2.05, 4.69) is 20.7 Å². The molecule has 176 valence electrons. The normalized spacial score (nSPS) is 19.1. The van der Waals surface area contributed by atoms with Crippen molar-refractivity contribution in [2.75, 3.05) is 26.2 Å². The summed E-state index contributed by atoms with van der Waals surface area (Å²) >= 11 is 0. The highest BCUT2D eigenvalue weighted by Crippen LogP contribution is 2.14. The molecular weight excluding hydrogens is 525 g/mol. The first kappa shape index (κ1) is 24.3. The second-order valence-corrected chi connectivity index (χ2v) is 7.90. The molecule has 1 fully saturated rings. The SMILES string of the molecule is CCOC(=O)N1CCC(NC(=NCCc2ccco2)NC2CCc3ncnn3C2)CC1.I. The number of fused-ring (bicyclic) bond motifs is 1. The van der Waals surface area contributed by atoms with E-state index in [0.717, 1.165) is 56.2 Å². The van der Waals surface area contributed by atoms with Crippen LogP contribution in [0.5, 0.6) is 0 Å². The minimum atomic E-state index is -0.225. The van der Waals surface area contributed by atoms with E-state index in [0.29, 0.717) is 26.2 Å². The number of furan rings is 1. The maximum absolute atomic E-state index is 11.9. The smallest absolute Gasteiger partial charge is 0.409 e. The van der Waals surface area contributed by atoms with Gasteiger partial charge in [0.25, 0.3) is 0 Å². The van der Waals surface area contributed by atoms with Crippen molar-refractivity contribution in [3.05, 3.63) is 36.3 Å². The van der Waals surface area contributed by atoms with Crippen LogP contribution in [0.3, 0.4) is 0 Å². The van der Waals surface area contributed by atoms with Crippen molar-refractivity contribution in [3.63, 3.8) is 0 Å². The number of halogens is 1. The van der Waals surface area contributed by atoms with Gasteiger partial charge in [-0.2, -0.15) is 5.10 Å². The Bertz CT molecular complexity index is 863. The molecule has 0 spiro atoms. The van der Waals surface area contributed by atoms with Crippen LogP contribution in [0.4, 0.5) is 4.79 Å². The fourth-order valence-electron chi connectivity index (χ4n) is 4.03. The zero-order valence-corrected chi connectivity index (χ0v) is 20.7. The van der Waals surface area contributed by atoms with E-state index in [4.69, 9.17) is 14.1 Å². The van der Waals surface area contributed by atoms with E-state index >= 15 is 0 Å². The van der Waals surface area contributed by atoms with E-state index in [1.54, 1.807) is 17.5 Å². The summed E-state index contributed by atoms with van der Waals surface area (Å²) < 4.78 is 12.5. The van der Waals surface area contributed by atoms with Crippen molar-refractivity contribution in [3.8, 4) is 0 Å². The molecule has 1 saturated heterocycles. The Morgan fingerprint density at radius 2 is 2.09 bits per heavy atom. The van der Waals surface area contributed by atoms with E-state index in [1.807, 2.05) is 23.7 Å². The molecule has 11 heteroatoms. The molecule has 2 aromatic rings. The van der Waals surface area contributed by atoms with Gasteiger partial charge in [-0.25, -0.2) is 14.5 Å². The lowest BCUT2D eigenvalue weighted by Gasteiger charge is -2.33. The molecule has 0 saturated carbocycles. The highest BCUT2D eigenvalue weighted by Gasteiger charge is 2.26. The van der Waals surface area contributed by atoms with Crippen molar-refractivity contribution in [1.29, 1.82) is 0 Å². The number of aryl methyl sites for hydroxylation is 1. The van der Waals surface area contributed by atoms with Crippen LogP contribution >= 0.6 is 24.0 Å². The van der Waals surface area contributed by atoms with Gasteiger partial charge in [-0.15, -0.1) is 24.0 Å². The van der Waals surface area contributed by atoms with Gasteiger partial charge in [0.05, 0.1) is 19.4 Å². The van der Waals surface area contributed by atoms with Gasteiger partial charge in [-0.05, 0) is 38.3 Å². The fraction of sp³-hybridized carbons (Fsp3) is 0.619. The average molecular weight is 557 g/mol. The standard InChI is InChI=1S/C21H31N7O3.HI/c1-2-30-21(29)27-11-8-16(9-12-27)25-20(22-10-7-18-4-3-13-31-18)26-17-5-6-19-23-15-24-28(19)14-17;/h3-4,13,15-17H,2,5-12,14H2,1H3,(H2,22,25,26);1H. The summed E-state index contributed by atoms with van der Waals surface area (Å²) in [5.41, 5.74) is 0. The Labute approximate surface area is 205 Å².